The van der Waals surface area contributed by atoms with Gasteiger partial charge < -0.3 is 0 Å². The zero-order chi connectivity index (χ0) is 14.4. The molecule has 0 fully saturated rings. The highest BCUT2D eigenvalue weighted by molar-refractivity contribution is 5.84. The van der Waals surface area contributed by atoms with E-state index in [4.69, 9.17) is 0 Å². The van der Waals surface area contributed by atoms with E-state index in [1.807, 2.05) is 0 Å². The molecule has 0 saturated heterocycles. The number of fused-ring (bicyclic) bond motifs is 1. The average molecular weight is 279 g/mol. The van der Waals surface area contributed by atoms with E-state index in [1.54, 1.807) is 0 Å². The molecule has 7 heteroatoms. The predicted molar refractivity (Wildman–Crippen MR) is 56.5 cm³/mol. The zero-order valence-corrected chi connectivity index (χ0v) is 9.52. The average Bonchev–Trinajstić information content (AvgIpc) is 2.24. The molecule has 1 nitrogen and oxygen atoms in total. The summed E-state index contributed by atoms with van der Waals surface area (Å²) in [7, 11) is 0. The van der Waals surface area contributed by atoms with Gasteiger partial charge in [0.15, 0.2) is 0 Å². The van der Waals surface area contributed by atoms with Crippen LogP contribution in [0.15, 0.2) is 24.3 Å². The van der Waals surface area contributed by atoms with Gasteiger partial charge in [-0.15, -0.1) is 0 Å². The molecule has 2 rings (SSSR count). The van der Waals surface area contributed by atoms with Gasteiger partial charge in [-0.3, -0.25) is 4.98 Å². The molecule has 0 unspecified atom stereocenters. The lowest BCUT2D eigenvalue weighted by atomic mass is 10.0. The molecule has 1 aromatic carbocycles. The fourth-order valence-corrected chi connectivity index (χ4v) is 1.73. The third-order valence-corrected chi connectivity index (χ3v) is 2.58. The lowest BCUT2D eigenvalue weighted by Crippen LogP contribution is -2.11. The second-order valence-corrected chi connectivity index (χ2v) is 4.04. The Hall–Kier alpha value is -1.79. The summed E-state index contributed by atoms with van der Waals surface area (Å²) >= 11 is 0. The first-order valence-corrected chi connectivity index (χ1v) is 5.15. The lowest BCUT2D eigenvalue weighted by Gasteiger charge is -2.14. The Morgan fingerprint density at radius 3 is 2.05 bits per heavy atom. The normalized spacial score (nSPS) is 13.0. The van der Waals surface area contributed by atoms with Crippen molar-refractivity contribution in [3.63, 3.8) is 0 Å². The van der Waals surface area contributed by atoms with Crippen LogP contribution in [0.3, 0.4) is 0 Å². The van der Waals surface area contributed by atoms with Crippen LogP contribution in [0.5, 0.6) is 0 Å². The van der Waals surface area contributed by atoms with Gasteiger partial charge in [0, 0.05) is 11.1 Å². The molecule has 19 heavy (non-hydrogen) atoms. The van der Waals surface area contributed by atoms with Crippen LogP contribution in [0.2, 0.25) is 0 Å². The second kappa shape index (κ2) is 4.11. The van der Waals surface area contributed by atoms with E-state index in [0.29, 0.717) is 11.8 Å². The Kier molecular flexibility index (Phi) is 2.95. The van der Waals surface area contributed by atoms with Crippen molar-refractivity contribution >= 4 is 10.9 Å². The molecule has 0 amide bonds. The van der Waals surface area contributed by atoms with E-state index in [-0.39, 0.29) is 17.0 Å². The highest BCUT2D eigenvalue weighted by atomic mass is 19.4. The SMILES string of the molecule is Cc1ccc2c(C(F)(F)F)cc(C(F)(F)F)cc2n1. The number of aromatic nitrogens is 1. The van der Waals surface area contributed by atoms with E-state index < -0.39 is 23.5 Å². The molecule has 0 saturated carbocycles. The highest BCUT2D eigenvalue weighted by Crippen LogP contribution is 2.39. The molecule has 0 bridgehead atoms. The summed E-state index contributed by atoms with van der Waals surface area (Å²) in [6, 6.07) is 3.18. The number of pyridine rings is 1. The van der Waals surface area contributed by atoms with E-state index in [2.05, 4.69) is 4.98 Å². The number of benzene rings is 1. The van der Waals surface area contributed by atoms with Crippen molar-refractivity contribution in [1.29, 1.82) is 0 Å². The van der Waals surface area contributed by atoms with Crippen LogP contribution in [0.25, 0.3) is 10.9 Å². The quantitative estimate of drug-likeness (QED) is 0.643. The van der Waals surface area contributed by atoms with Gasteiger partial charge in [-0.05, 0) is 25.1 Å². The minimum atomic E-state index is -4.86. The summed E-state index contributed by atoms with van der Waals surface area (Å²) < 4.78 is 76.1. The first-order valence-electron chi connectivity index (χ1n) is 5.15. The van der Waals surface area contributed by atoms with Crippen LogP contribution in [0, 0.1) is 6.92 Å². The molecule has 0 N–H and O–H groups in total. The molecule has 1 heterocycles. The molecule has 0 aliphatic carbocycles. The second-order valence-electron chi connectivity index (χ2n) is 4.04. The summed E-state index contributed by atoms with van der Waals surface area (Å²) in [5.41, 5.74) is -2.66. The van der Waals surface area contributed by atoms with Gasteiger partial charge in [-0.2, -0.15) is 26.3 Å². The minimum absolute atomic E-state index is 0.110. The molecular weight excluding hydrogens is 272 g/mol. The third-order valence-electron chi connectivity index (χ3n) is 2.58. The van der Waals surface area contributed by atoms with Gasteiger partial charge in [0.25, 0.3) is 0 Å². The van der Waals surface area contributed by atoms with Crippen molar-refractivity contribution in [3.8, 4) is 0 Å². The number of alkyl halides is 6. The molecule has 0 radical (unpaired) electrons. The Morgan fingerprint density at radius 1 is 0.895 bits per heavy atom. The first kappa shape index (κ1) is 13.6. The van der Waals surface area contributed by atoms with Crippen molar-refractivity contribution in [3.05, 3.63) is 41.1 Å². The smallest absolute Gasteiger partial charge is 0.253 e. The Labute approximate surface area is 103 Å². The summed E-state index contributed by atoms with van der Waals surface area (Å²) in [5.74, 6) is 0. The van der Waals surface area contributed by atoms with Crippen LogP contribution in [0.4, 0.5) is 26.3 Å². The molecule has 0 spiro atoms. The van der Waals surface area contributed by atoms with Crippen LogP contribution in [0.1, 0.15) is 16.8 Å². The van der Waals surface area contributed by atoms with Crippen molar-refractivity contribution in [2.45, 2.75) is 19.3 Å². The van der Waals surface area contributed by atoms with Crippen molar-refractivity contribution in [2.24, 2.45) is 0 Å². The molecule has 2 aromatic rings. The van der Waals surface area contributed by atoms with Crippen LogP contribution in [-0.4, -0.2) is 4.98 Å². The van der Waals surface area contributed by atoms with Gasteiger partial charge in [-0.1, -0.05) is 6.07 Å². The number of hydrogen-bond donors (Lipinski definition) is 0. The first-order chi connectivity index (χ1) is 8.59. The Morgan fingerprint density at radius 2 is 1.53 bits per heavy atom. The standard InChI is InChI=1S/C12H7F6N/c1-6-2-3-8-9(12(16,17)18)4-7(11(13,14)15)5-10(8)19-6/h2-5H,1H3. The monoisotopic (exact) mass is 279 g/mol. The maximum absolute atomic E-state index is 12.8. The molecular formula is C12H7F6N. The highest BCUT2D eigenvalue weighted by Gasteiger charge is 2.38. The molecule has 0 aliphatic rings. The van der Waals surface area contributed by atoms with E-state index in [1.165, 1.54) is 13.0 Å². The van der Waals surface area contributed by atoms with Gasteiger partial charge in [-0.25, -0.2) is 0 Å². The minimum Gasteiger partial charge on any atom is -0.253 e. The fourth-order valence-electron chi connectivity index (χ4n) is 1.73. The van der Waals surface area contributed by atoms with Gasteiger partial charge >= 0.3 is 12.4 Å². The van der Waals surface area contributed by atoms with Crippen LogP contribution in [-0.2, 0) is 12.4 Å². The van der Waals surface area contributed by atoms with Crippen molar-refractivity contribution < 1.29 is 26.3 Å². The zero-order valence-electron chi connectivity index (χ0n) is 9.52. The van der Waals surface area contributed by atoms with E-state index in [0.717, 1.165) is 6.07 Å². The Bertz CT molecular complexity index is 626. The summed E-state index contributed by atoms with van der Waals surface area (Å²) in [6.07, 6.45) is -9.71. The van der Waals surface area contributed by atoms with Crippen LogP contribution < -0.4 is 0 Å². The maximum Gasteiger partial charge on any atom is 0.417 e. The largest absolute Gasteiger partial charge is 0.417 e. The number of aryl methyl sites for hydroxylation is 1. The van der Waals surface area contributed by atoms with E-state index in [9.17, 15) is 26.3 Å². The maximum atomic E-state index is 12.8. The van der Waals surface area contributed by atoms with Gasteiger partial charge in [0.2, 0.25) is 0 Å². The van der Waals surface area contributed by atoms with Crippen LogP contribution >= 0.6 is 0 Å². The topological polar surface area (TPSA) is 12.9 Å². The number of hydrogen-bond acceptors (Lipinski definition) is 1. The third kappa shape index (κ3) is 2.64. The lowest BCUT2D eigenvalue weighted by molar-refractivity contribution is -0.142. The van der Waals surface area contributed by atoms with E-state index >= 15 is 0 Å². The summed E-state index contributed by atoms with van der Waals surface area (Å²) in [6.45, 7) is 1.49. The molecule has 1 aromatic heterocycles. The number of rotatable bonds is 0. The van der Waals surface area contributed by atoms with Gasteiger partial charge in [0.05, 0.1) is 16.6 Å². The van der Waals surface area contributed by atoms with Crippen molar-refractivity contribution in [2.75, 3.05) is 0 Å². The number of halogens is 6. The molecule has 0 atom stereocenters. The van der Waals surface area contributed by atoms with Gasteiger partial charge in [0.1, 0.15) is 0 Å². The predicted octanol–water partition coefficient (Wildman–Crippen LogP) is 4.58. The fraction of sp³-hybridized carbons (Fsp3) is 0.250. The molecule has 0 aliphatic heterocycles. The summed E-state index contributed by atoms with van der Waals surface area (Å²) in [5, 5.41) is -0.342. The number of nitrogens with zero attached hydrogens (tertiary/aromatic N) is 1. The van der Waals surface area contributed by atoms with Crippen molar-refractivity contribution in [1.82, 2.24) is 4.98 Å². The summed E-state index contributed by atoms with van der Waals surface area (Å²) in [4.78, 5) is 3.72. The molecule has 102 valence electrons. The Balaban J connectivity index is 2.84.